The van der Waals surface area contributed by atoms with Crippen molar-refractivity contribution in [1.29, 1.82) is 0 Å². The number of thiazole rings is 1. The Balaban J connectivity index is 1.40. The van der Waals surface area contributed by atoms with Gasteiger partial charge in [-0.1, -0.05) is 5.16 Å². The third-order valence-corrected chi connectivity index (χ3v) is 5.60. The smallest absolute Gasteiger partial charge is 0.265 e. The maximum absolute atomic E-state index is 12.7. The number of aryl methyl sites for hydroxylation is 2. The van der Waals surface area contributed by atoms with Crippen molar-refractivity contribution in [2.45, 2.75) is 26.7 Å². The largest absolute Gasteiger partial charge is 0.338 e. The van der Waals surface area contributed by atoms with Crippen LogP contribution in [0.4, 0.5) is 0 Å². The molecule has 1 atom stereocenters. The SMILES string of the molecule is Cc1nc(C)c(C(=O)N2CCC(Cc3noc(-c4ccncc4)n3)C2)s1. The Labute approximate surface area is 155 Å². The quantitative estimate of drug-likeness (QED) is 0.703. The lowest BCUT2D eigenvalue weighted by molar-refractivity contribution is 0.0790. The fraction of sp³-hybridized carbons (Fsp3) is 0.389. The van der Waals surface area contributed by atoms with Gasteiger partial charge in [0.1, 0.15) is 4.88 Å². The van der Waals surface area contributed by atoms with Crippen molar-refractivity contribution >= 4 is 17.2 Å². The summed E-state index contributed by atoms with van der Waals surface area (Å²) in [6.45, 7) is 5.30. The standard InChI is InChI=1S/C18H19N5O2S/c1-11-16(26-12(2)20-11)18(24)23-8-5-13(10-23)9-15-21-17(25-22-15)14-3-6-19-7-4-14/h3-4,6-7,13H,5,8-10H2,1-2H3. The number of rotatable bonds is 4. The summed E-state index contributed by atoms with van der Waals surface area (Å²) in [6, 6.07) is 3.68. The van der Waals surface area contributed by atoms with Crippen LogP contribution in [-0.2, 0) is 6.42 Å². The van der Waals surface area contributed by atoms with Gasteiger partial charge in [-0.3, -0.25) is 9.78 Å². The normalized spacial score (nSPS) is 17.0. The van der Waals surface area contributed by atoms with Crippen molar-refractivity contribution in [2.75, 3.05) is 13.1 Å². The fourth-order valence-electron chi connectivity index (χ4n) is 3.26. The number of carbonyl (C=O) groups is 1. The van der Waals surface area contributed by atoms with Crippen LogP contribution in [0.15, 0.2) is 29.0 Å². The van der Waals surface area contributed by atoms with Gasteiger partial charge in [-0.2, -0.15) is 4.98 Å². The van der Waals surface area contributed by atoms with Crippen molar-refractivity contribution in [2.24, 2.45) is 5.92 Å². The number of amides is 1. The Morgan fingerprint density at radius 1 is 1.31 bits per heavy atom. The maximum Gasteiger partial charge on any atom is 0.265 e. The second kappa shape index (κ2) is 6.95. The molecule has 4 heterocycles. The average Bonchev–Trinajstić information content (AvgIpc) is 3.36. The summed E-state index contributed by atoms with van der Waals surface area (Å²) in [6.07, 6.45) is 5.05. The molecule has 1 amide bonds. The number of hydrogen-bond acceptors (Lipinski definition) is 7. The van der Waals surface area contributed by atoms with E-state index < -0.39 is 0 Å². The topological polar surface area (TPSA) is 85.0 Å². The van der Waals surface area contributed by atoms with Crippen LogP contribution in [0.5, 0.6) is 0 Å². The van der Waals surface area contributed by atoms with Gasteiger partial charge in [-0.25, -0.2) is 4.98 Å². The van der Waals surface area contributed by atoms with Gasteiger partial charge in [0, 0.05) is 37.5 Å². The number of pyridine rings is 1. The summed E-state index contributed by atoms with van der Waals surface area (Å²) >= 11 is 1.47. The minimum atomic E-state index is 0.0844. The van der Waals surface area contributed by atoms with E-state index in [9.17, 15) is 4.79 Å². The Kier molecular flexibility index (Phi) is 4.50. The van der Waals surface area contributed by atoms with E-state index in [1.54, 1.807) is 12.4 Å². The fourth-order valence-corrected chi connectivity index (χ4v) is 4.15. The lowest BCUT2D eigenvalue weighted by Crippen LogP contribution is -2.28. The summed E-state index contributed by atoms with van der Waals surface area (Å²) in [5, 5.41) is 5.01. The first-order valence-corrected chi connectivity index (χ1v) is 9.38. The third-order valence-electron chi connectivity index (χ3n) is 4.54. The van der Waals surface area contributed by atoms with Gasteiger partial charge in [0.25, 0.3) is 11.8 Å². The second-order valence-electron chi connectivity index (χ2n) is 6.51. The first-order chi connectivity index (χ1) is 12.6. The highest BCUT2D eigenvalue weighted by Crippen LogP contribution is 2.26. The van der Waals surface area contributed by atoms with E-state index in [-0.39, 0.29) is 5.91 Å². The molecule has 0 saturated carbocycles. The van der Waals surface area contributed by atoms with Crippen LogP contribution < -0.4 is 0 Å². The van der Waals surface area contributed by atoms with E-state index in [1.165, 1.54) is 11.3 Å². The van der Waals surface area contributed by atoms with Gasteiger partial charge in [0.2, 0.25) is 0 Å². The summed E-state index contributed by atoms with van der Waals surface area (Å²) in [5.74, 6) is 1.61. The average molecular weight is 369 g/mol. The molecule has 1 unspecified atom stereocenters. The molecule has 0 radical (unpaired) electrons. The zero-order chi connectivity index (χ0) is 18.1. The summed E-state index contributed by atoms with van der Waals surface area (Å²) in [4.78, 5) is 28.2. The van der Waals surface area contributed by atoms with E-state index in [4.69, 9.17) is 4.52 Å². The Bertz CT molecular complexity index is 921. The monoisotopic (exact) mass is 369 g/mol. The van der Waals surface area contributed by atoms with Crippen LogP contribution in [0.3, 0.4) is 0 Å². The lowest BCUT2D eigenvalue weighted by atomic mass is 10.1. The number of nitrogens with zero attached hydrogens (tertiary/aromatic N) is 5. The van der Waals surface area contributed by atoms with Crippen LogP contribution >= 0.6 is 11.3 Å². The molecular formula is C18H19N5O2S. The van der Waals surface area contributed by atoms with Gasteiger partial charge >= 0.3 is 0 Å². The molecule has 0 aliphatic carbocycles. The highest BCUT2D eigenvalue weighted by Gasteiger charge is 2.30. The van der Waals surface area contributed by atoms with Crippen molar-refractivity contribution in [3.05, 3.63) is 45.9 Å². The van der Waals surface area contributed by atoms with Gasteiger partial charge in [0.15, 0.2) is 5.82 Å². The Hall–Kier alpha value is -2.61. The summed E-state index contributed by atoms with van der Waals surface area (Å²) < 4.78 is 5.35. The van der Waals surface area contributed by atoms with E-state index >= 15 is 0 Å². The summed E-state index contributed by atoms with van der Waals surface area (Å²) in [7, 11) is 0. The minimum Gasteiger partial charge on any atom is -0.338 e. The zero-order valence-electron chi connectivity index (χ0n) is 14.7. The molecule has 0 N–H and O–H groups in total. The van der Waals surface area contributed by atoms with Crippen molar-refractivity contribution in [1.82, 2.24) is 25.0 Å². The first kappa shape index (κ1) is 16.8. The first-order valence-electron chi connectivity index (χ1n) is 8.56. The second-order valence-corrected chi connectivity index (χ2v) is 7.71. The molecule has 3 aromatic heterocycles. The number of likely N-dealkylation sites (tertiary alicyclic amines) is 1. The van der Waals surface area contributed by atoms with Crippen molar-refractivity contribution in [3.8, 4) is 11.5 Å². The van der Waals surface area contributed by atoms with E-state index in [1.807, 2.05) is 30.9 Å². The molecule has 0 bridgehead atoms. The molecular weight excluding hydrogens is 350 g/mol. The highest BCUT2D eigenvalue weighted by molar-refractivity contribution is 7.13. The number of carbonyl (C=O) groups excluding carboxylic acids is 1. The van der Waals surface area contributed by atoms with Crippen molar-refractivity contribution < 1.29 is 9.32 Å². The van der Waals surface area contributed by atoms with Gasteiger partial charge < -0.3 is 9.42 Å². The van der Waals surface area contributed by atoms with Crippen molar-refractivity contribution in [3.63, 3.8) is 0 Å². The van der Waals surface area contributed by atoms with E-state index in [2.05, 4.69) is 20.1 Å². The molecule has 1 aliphatic rings. The predicted molar refractivity (Wildman–Crippen MR) is 96.8 cm³/mol. The summed E-state index contributed by atoms with van der Waals surface area (Å²) in [5.41, 5.74) is 1.68. The Morgan fingerprint density at radius 3 is 2.85 bits per heavy atom. The molecule has 1 fully saturated rings. The molecule has 1 saturated heterocycles. The molecule has 7 nitrogen and oxygen atoms in total. The molecule has 0 spiro atoms. The van der Waals surface area contributed by atoms with Crippen LogP contribution in [0.1, 0.15) is 32.6 Å². The van der Waals surface area contributed by atoms with Crippen LogP contribution in [-0.4, -0.2) is 44.0 Å². The number of hydrogen-bond donors (Lipinski definition) is 0. The third kappa shape index (κ3) is 3.37. The van der Waals surface area contributed by atoms with Gasteiger partial charge in [0.05, 0.1) is 10.7 Å². The molecule has 26 heavy (non-hydrogen) atoms. The highest BCUT2D eigenvalue weighted by atomic mass is 32.1. The predicted octanol–water partition coefficient (Wildman–Crippen LogP) is 2.91. The zero-order valence-corrected chi connectivity index (χ0v) is 15.5. The molecule has 8 heteroatoms. The molecule has 0 aromatic carbocycles. The molecule has 4 rings (SSSR count). The van der Waals surface area contributed by atoms with Crippen LogP contribution in [0.25, 0.3) is 11.5 Å². The lowest BCUT2D eigenvalue weighted by Gasteiger charge is -2.15. The molecule has 3 aromatic rings. The van der Waals surface area contributed by atoms with Crippen LogP contribution in [0, 0.1) is 19.8 Å². The van der Waals surface area contributed by atoms with E-state index in [0.29, 0.717) is 30.6 Å². The van der Waals surface area contributed by atoms with E-state index in [0.717, 1.165) is 34.1 Å². The van der Waals surface area contributed by atoms with Gasteiger partial charge in [-0.15, -0.1) is 11.3 Å². The van der Waals surface area contributed by atoms with Crippen LogP contribution in [0.2, 0.25) is 0 Å². The van der Waals surface area contributed by atoms with Gasteiger partial charge in [-0.05, 0) is 38.3 Å². The molecule has 134 valence electrons. The Morgan fingerprint density at radius 2 is 2.12 bits per heavy atom. The minimum absolute atomic E-state index is 0.0844. The maximum atomic E-state index is 12.7. The number of aromatic nitrogens is 4. The molecule has 1 aliphatic heterocycles.